The van der Waals surface area contributed by atoms with E-state index in [1.807, 2.05) is 0 Å². The molecule has 0 amide bonds. The summed E-state index contributed by atoms with van der Waals surface area (Å²) >= 11 is 0. The number of carboxylic acids is 1. The summed E-state index contributed by atoms with van der Waals surface area (Å²) in [7, 11) is 0. The van der Waals surface area contributed by atoms with Crippen molar-refractivity contribution in [1.82, 2.24) is 0 Å². The monoisotopic (exact) mass is 158 g/mol. The number of rotatable bonds is 5. The van der Waals surface area contributed by atoms with Gasteiger partial charge in [-0.2, -0.15) is 0 Å². The molecule has 6 nitrogen and oxygen atoms in total. The molecule has 0 aliphatic heterocycles. The van der Waals surface area contributed by atoms with Gasteiger partial charge in [0.15, 0.2) is 0 Å². The Balaban J connectivity index is 3.38. The van der Waals surface area contributed by atoms with Gasteiger partial charge in [0.1, 0.15) is 6.04 Å². The fraction of sp³-hybridized carbons (Fsp3) is 0.800. The zero-order chi connectivity index (χ0) is 8.69. The Bertz CT molecular complexity index is 175. The minimum atomic E-state index is -1.02. The molecule has 0 saturated heterocycles. The van der Waals surface area contributed by atoms with Crippen molar-refractivity contribution >= 4 is 5.97 Å². The van der Waals surface area contributed by atoms with Crippen LogP contribution in [0.1, 0.15) is 12.8 Å². The molecule has 6 heteroatoms. The third-order valence-corrected chi connectivity index (χ3v) is 1.15. The van der Waals surface area contributed by atoms with Crippen LogP contribution >= 0.6 is 0 Å². The minimum absolute atomic E-state index is 0.303. The summed E-state index contributed by atoms with van der Waals surface area (Å²) in [6, 6.07) is -0.844. The normalized spacial score (nSPS) is 11.7. The van der Waals surface area contributed by atoms with Crippen LogP contribution in [0.4, 0.5) is 0 Å². The molecule has 0 bridgehead atoms. The van der Waals surface area contributed by atoms with E-state index in [2.05, 4.69) is 10.0 Å². The Morgan fingerprint density at radius 3 is 2.91 bits per heavy atom. The fourth-order valence-electron chi connectivity index (χ4n) is 0.550. The molecule has 1 atom stereocenters. The first kappa shape index (κ1) is 9.74. The van der Waals surface area contributed by atoms with Crippen molar-refractivity contribution < 1.29 is 9.90 Å². The number of carboxylic acid groups (broad SMARTS) is 1. The van der Waals surface area contributed by atoms with Crippen LogP contribution in [0.15, 0.2) is 5.11 Å². The van der Waals surface area contributed by atoms with Crippen LogP contribution in [0.25, 0.3) is 10.4 Å². The number of nitrogens with two attached hydrogens (primary N) is 1. The maximum atomic E-state index is 10.1. The van der Waals surface area contributed by atoms with Gasteiger partial charge in [0.2, 0.25) is 0 Å². The average Bonchev–Trinajstić information content (AvgIpc) is 1.97. The lowest BCUT2D eigenvalue weighted by Gasteiger charge is -2.02. The lowest BCUT2D eigenvalue weighted by Crippen LogP contribution is -2.29. The number of carbonyl (C=O) groups is 1. The molecule has 0 aromatic heterocycles. The zero-order valence-electron chi connectivity index (χ0n) is 5.97. The van der Waals surface area contributed by atoms with E-state index in [9.17, 15) is 4.79 Å². The largest absolute Gasteiger partial charge is 0.480 e. The van der Waals surface area contributed by atoms with E-state index in [1.54, 1.807) is 0 Å². The van der Waals surface area contributed by atoms with E-state index in [-0.39, 0.29) is 0 Å². The van der Waals surface area contributed by atoms with E-state index < -0.39 is 12.0 Å². The second-order valence-corrected chi connectivity index (χ2v) is 2.04. The molecule has 0 aromatic carbocycles. The van der Waals surface area contributed by atoms with Crippen molar-refractivity contribution in [2.24, 2.45) is 10.8 Å². The molecule has 0 aromatic rings. The molecule has 11 heavy (non-hydrogen) atoms. The molecule has 0 fully saturated rings. The molecule has 0 aliphatic carbocycles. The topological polar surface area (TPSA) is 112 Å². The Morgan fingerprint density at radius 2 is 2.45 bits per heavy atom. The lowest BCUT2D eigenvalue weighted by molar-refractivity contribution is -0.138. The van der Waals surface area contributed by atoms with Crippen molar-refractivity contribution in [2.45, 2.75) is 18.9 Å². The molecule has 62 valence electrons. The first-order chi connectivity index (χ1) is 5.18. The summed E-state index contributed by atoms with van der Waals surface area (Å²) in [5.41, 5.74) is 13.0. The molecule has 0 unspecified atom stereocenters. The molecule has 3 N–H and O–H groups in total. The van der Waals surface area contributed by atoms with Crippen molar-refractivity contribution in [3.05, 3.63) is 10.4 Å². The van der Waals surface area contributed by atoms with Crippen LogP contribution in [0.5, 0.6) is 0 Å². The smallest absolute Gasteiger partial charge is 0.320 e. The van der Waals surface area contributed by atoms with Crippen LogP contribution in [0, 0.1) is 0 Å². The van der Waals surface area contributed by atoms with Gasteiger partial charge in [0.05, 0.1) is 0 Å². The first-order valence-corrected chi connectivity index (χ1v) is 3.17. The van der Waals surface area contributed by atoms with Gasteiger partial charge in [-0.25, -0.2) is 0 Å². The van der Waals surface area contributed by atoms with Gasteiger partial charge in [-0.05, 0) is 18.4 Å². The Morgan fingerprint density at radius 1 is 1.82 bits per heavy atom. The summed E-state index contributed by atoms with van der Waals surface area (Å²) in [5.74, 6) is -1.02. The number of aliphatic carboxylic acids is 1. The van der Waals surface area contributed by atoms with Gasteiger partial charge >= 0.3 is 5.97 Å². The summed E-state index contributed by atoms with van der Waals surface area (Å²) in [6.45, 7) is 0.303. The molecule has 0 rings (SSSR count). The van der Waals surface area contributed by atoms with Gasteiger partial charge in [-0.3, -0.25) is 4.79 Å². The van der Waals surface area contributed by atoms with Crippen molar-refractivity contribution in [3.8, 4) is 0 Å². The van der Waals surface area contributed by atoms with Crippen LogP contribution in [0.2, 0.25) is 0 Å². The molecular weight excluding hydrogens is 148 g/mol. The number of nitrogens with zero attached hydrogens (tertiary/aromatic N) is 3. The standard InChI is InChI=1S/C5H10N4O2/c6-4(5(10)11)2-1-3-8-9-7/h4H,1-3,6H2,(H,10,11)/t4-/m0/s1. The van der Waals surface area contributed by atoms with Gasteiger partial charge in [0.25, 0.3) is 0 Å². The number of hydrogen-bond donors (Lipinski definition) is 2. The first-order valence-electron chi connectivity index (χ1n) is 3.17. The summed E-state index contributed by atoms with van der Waals surface area (Å²) in [6.07, 6.45) is 0.853. The summed E-state index contributed by atoms with van der Waals surface area (Å²) < 4.78 is 0. The van der Waals surface area contributed by atoms with Crippen LogP contribution in [-0.2, 0) is 4.79 Å². The lowest BCUT2D eigenvalue weighted by atomic mass is 10.2. The maximum Gasteiger partial charge on any atom is 0.320 e. The SMILES string of the molecule is [N-]=[N+]=NCCC[C@H](N)C(=O)O. The molecular formula is C5H10N4O2. The highest BCUT2D eigenvalue weighted by molar-refractivity contribution is 5.72. The van der Waals surface area contributed by atoms with E-state index in [0.717, 1.165) is 0 Å². The zero-order valence-corrected chi connectivity index (χ0v) is 5.97. The number of azide groups is 1. The summed E-state index contributed by atoms with van der Waals surface area (Å²) in [5, 5.41) is 11.5. The van der Waals surface area contributed by atoms with Crippen molar-refractivity contribution in [2.75, 3.05) is 6.54 Å². The predicted molar refractivity (Wildman–Crippen MR) is 38.9 cm³/mol. The second-order valence-electron chi connectivity index (χ2n) is 2.04. The van der Waals surface area contributed by atoms with E-state index >= 15 is 0 Å². The van der Waals surface area contributed by atoms with Crippen LogP contribution in [-0.4, -0.2) is 23.7 Å². The molecule has 0 heterocycles. The van der Waals surface area contributed by atoms with E-state index in [0.29, 0.717) is 19.4 Å². The van der Waals surface area contributed by atoms with Crippen LogP contribution in [0.3, 0.4) is 0 Å². The number of hydrogen-bond acceptors (Lipinski definition) is 3. The average molecular weight is 158 g/mol. The third kappa shape index (κ3) is 5.20. The van der Waals surface area contributed by atoms with E-state index in [4.69, 9.17) is 16.4 Å². The van der Waals surface area contributed by atoms with Crippen molar-refractivity contribution in [3.63, 3.8) is 0 Å². The van der Waals surface area contributed by atoms with Crippen molar-refractivity contribution in [1.29, 1.82) is 0 Å². The Hall–Kier alpha value is -1.26. The highest BCUT2D eigenvalue weighted by Crippen LogP contribution is 1.94. The molecule has 0 saturated carbocycles. The Labute approximate surface area is 63.6 Å². The highest BCUT2D eigenvalue weighted by Gasteiger charge is 2.09. The summed E-state index contributed by atoms with van der Waals surface area (Å²) in [4.78, 5) is 12.6. The quantitative estimate of drug-likeness (QED) is 0.262. The third-order valence-electron chi connectivity index (χ3n) is 1.15. The fourth-order valence-corrected chi connectivity index (χ4v) is 0.550. The highest BCUT2D eigenvalue weighted by atomic mass is 16.4. The van der Waals surface area contributed by atoms with E-state index in [1.165, 1.54) is 0 Å². The Kier molecular flexibility index (Phi) is 4.89. The maximum absolute atomic E-state index is 10.1. The van der Waals surface area contributed by atoms with Gasteiger partial charge in [-0.15, -0.1) is 0 Å². The van der Waals surface area contributed by atoms with Gasteiger partial charge in [-0.1, -0.05) is 5.11 Å². The van der Waals surface area contributed by atoms with Gasteiger partial charge in [0, 0.05) is 11.5 Å². The van der Waals surface area contributed by atoms with Crippen LogP contribution < -0.4 is 5.73 Å². The van der Waals surface area contributed by atoms with Gasteiger partial charge < -0.3 is 10.8 Å². The predicted octanol–water partition coefficient (Wildman–Crippen LogP) is 0.489. The second kappa shape index (κ2) is 5.52. The molecule has 0 spiro atoms. The minimum Gasteiger partial charge on any atom is -0.480 e. The molecule has 0 aliphatic rings. The molecule has 0 radical (unpaired) electrons.